The van der Waals surface area contributed by atoms with Crippen LogP contribution in [-0.2, 0) is 0 Å². The highest BCUT2D eigenvalue weighted by Crippen LogP contribution is 2.28. The number of thioether (sulfide) groups is 1. The number of hydrogen-bond donors (Lipinski definition) is 0. The second-order valence-corrected chi connectivity index (χ2v) is 6.76. The topological polar surface area (TPSA) is 3.24 Å². The van der Waals surface area contributed by atoms with Crippen LogP contribution in [0.1, 0.15) is 33.6 Å². The van der Waals surface area contributed by atoms with Gasteiger partial charge in [0, 0.05) is 24.1 Å². The zero-order valence-electron chi connectivity index (χ0n) is 9.47. The van der Waals surface area contributed by atoms with Crippen molar-refractivity contribution in [3.05, 3.63) is 0 Å². The van der Waals surface area contributed by atoms with Gasteiger partial charge in [-0.1, -0.05) is 20.8 Å². The first-order valence-corrected chi connectivity index (χ1v) is 6.32. The first-order chi connectivity index (χ1) is 5.97. The minimum Gasteiger partial charge on any atom is -0.304 e. The fourth-order valence-corrected chi connectivity index (χ4v) is 3.03. The summed E-state index contributed by atoms with van der Waals surface area (Å²) >= 11 is 2.17. The molecule has 13 heavy (non-hydrogen) atoms. The van der Waals surface area contributed by atoms with Gasteiger partial charge in [-0.2, -0.15) is 11.8 Å². The van der Waals surface area contributed by atoms with E-state index in [2.05, 4.69) is 44.5 Å². The molecule has 1 nitrogen and oxygen atoms in total. The van der Waals surface area contributed by atoms with Crippen LogP contribution in [0.25, 0.3) is 0 Å². The first kappa shape index (κ1) is 11.4. The van der Waals surface area contributed by atoms with E-state index in [9.17, 15) is 0 Å². The third kappa shape index (κ3) is 4.92. The summed E-state index contributed by atoms with van der Waals surface area (Å²) in [6, 6.07) is 0. The van der Waals surface area contributed by atoms with Crippen molar-refractivity contribution in [3.8, 4) is 0 Å². The lowest BCUT2D eigenvalue weighted by atomic mass is 9.90. The van der Waals surface area contributed by atoms with Crippen LogP contribution in [0.15, 0.2) is 0 Å². The van der Waals surface area contributed by atoms with Gasteiger partial charge in [0.15, 0.2) is 0 Å². The Morgan fingerprint density at radius 2 is 2.08 bits per heavy atom. The fraction of sp³-hybridized carbons (Fsp3) is 1.00. The van der Waals surface area contributed by atoms with Crippen molar-refractivity contribution in [1.29, 1.82) is 0 Å². The molecule has 0 aromatic heterocycles. The van der Waals surface area contributed by atoms with E-state index in [1.807, 2.05) is 0 Å². The molecule has 0 aliphatic carbocycles. The molecule has 1 rings (SSSR count). The van der Waals surface area contributed by atoms with Gasteiger partial charge < -0.3 is 4.90 Å². The lowest BCUT2D eigenvalue weighted by molar-refractivity contribution is 0.311. The highest BCUT2D eigenvalue weighted by Gasteiger charge is 2.20. The molecule has 0 radical (unpaired) electrons. The van der Waals surface area contributed by atoms with Gasteiger partial charge in [-0.05, 0) is 25.3 Å². The Labute approximate surface area is 87.3 Å². The van der Waals surface area contributed by atoms with E-state index >= 15 is 0 Å². The summed E-state index contributed by atoms with van der Waals surface area (Å²) in [5, 5.41) is 0.887. The van der Waals surface area contributed by atoms with Crippen LogP contribution in [0.2, 0.25) is 0 Å². The van der Waals surface area contributed by atoms with Crippen LogP contribution in [-0.4, -0.2) is 36.0 Å². The minimum atomic E-state index is 0.510. The van der Waals surface area contributed by atoms with Gasteiger partial charge in [0.05, 0.1) is 0 Å². The predicted octanol–water partition coefficient (Wildman–Crippen LogP) is 2.86. The van der Waals surface area contributed by atoms with Gasteiger partial charge in [-0.25, -0.2) is 0 Å². The van der Waals surface area contributed by atoms with Gasteiger partial charge in [-0.15, -0.1) is 0 Å². The van der Waals surface area contributed by atoms with E-state index in [0.29, 0.717) is 5.41 Å². The maximum atomic E-state index is 2.46. The maximum Gasteiger partial charge on any atom is 0.0175 e. The summed E-state index contributed by atoms with van der Waals surface area (Å²) in [5.74, 6) is 1.32. The standard InChI is InChI=1S/C11H23NS/c1-11(2,3)6-5-10-9-12(4)7-8-13-10/h10H,5-9H2,1-4H3. The van der Waals surface area contributed by atoms with Crippen molar-refractivity contribution in [1.82, 2.24) is 4.90 Å². The highest BCUT2D eigenvalue weighted by molar-refractivity contribution is 8.00. The SMILES string of the molecule is CN1CCSC(CCC(C)(C)C)C1. The molecule has 1 fully saturated rings. The number of hydrogen-bond acceptors (Lipinski definition) is 2. The largest absolute Gasteiger partial charge is 0.304 e. The molecule has 1 saturated heterocycles. The van der Waals surface area contributed by atoms with Crippen LogP contribution in [0.4, 0.5) is 0 Å². The molecule has 0 aromatic carbocycles. The molecule has 1 heterocycles. The second-order valence-electron chi connectivity index (χ2n) is 5.35. The Morgan fingerprint density at radius 3 is 2.62 bits per heavy atom. The maximum absolute atomic E-state index is 2.46. The average molecular weight is 201 g/mol. The molecule has 2 heteroatoms. The molecule has 0 bridgehead atoms. The highest BCUT2D eigenvalue weighted by atomic mass is 32.2. The molecule has 0 aromatic rings. The van der Waals surface area contributed by atoms with Crippen LogP contribution >= 0.6 is 11.8 Å². The predicted molar refractivity (Wildman–Crippen MR) is 62.4 cm³/mol. The molecule has 78 valence electrons. The van der Waals surface area contributed by atoms with Crippen molar-refractivity contribution in [3.63, 3.8) is 0 Å². The molecular weight excluding hydrogens is 178 g/mol. The minimum absolute atomic E-state index is 0.510. The summed E-state index contributed by atoms with van der Waals surface area (Å²) in [6.45, 7) is 9.58. The molecule has 1 unspecified atom stereocenters. The van der Waals surface area contributed by atoms with E-state index in [4.69, 9.17) is 0 Å². The summed E-state index contributed by atoms with van der Waals surface area (Å²) in [5.41, 5.74) is 0.510. The van der Waals surface area contributed by atoms with E-state index in [0.717, 1.165) is 5.25 Å². The summed E-state index contributed by atoms with van der Waals surface area (Å²) in [7, 11) is 2.24. The van der Waals surface area contributed by atoms with Crippen LogP contribution in [0.5, 0.6) is 0 Å². The molecule has 0 saturated carbocycles. The Hall–Kier alpha value is 0.310. The van der Waals surface area contributed by atoms with Crippen molar-refractivity contribution in [2.24, 2.45) is 5.41 Å². The van der Waals surface area contributed by atoms with Gasteiger partial charge in [0.1, 0.15) is 0 Å². The van der Waals surface area contributed by atoms with Gasteiger partial charge in [0.2, 0.25) is 0 Å². The normalized spacial score (nSPS) is 26.3. The Kier molecular flexibility index (Phi) is 4.11. The van der Waals surface area contributed by atoms with Gasteiger partial charge >= 0.3 is 0 Å². The van der Waals surface area contributed by atoms with E-state index < -0.39 is 0 Å². The van der Waals surface area contributed by atoms with Crippen molar-refractivity contribution in [2.75, 3.05) is 25.9 Å². The van der Waals surface area contributed by atoms with Gasteiger partial charge in [0.25, 0.3) is 0 Å². The van der Waals surface area contributed by atoms with Crippen molar-refractivity contribution in [2.45, 2.75) is 38.9 Å². The molecular formula is C11H23NS. The molecule has 1 atom stereocenters. The van der Waals surface area contributed by atoms with Crippen LogP contribution < -0.4 is 0 Å². The van der Waals surface area contributed by atoms with Crippen LogP contribution in [0.3, 0.4) is 0 Å². The molecule has 1 aliphatic rings. The monoisotopic (exact) mass is 201 g/mol. The second kappa shape index (κ2) is 4.70. The van der Waals surface area contributed by atoms with Crippen molar-refractivity contribution >= 4 is 11.8 Å². The molecule has 0 N–H and O–H groups in total. The lowest BCUT2D eigenvalue weighted by Gasteiger charge is -2.31. The Balaban J connectivity index is 2.21. The van der Waals surface area contributed by atoms with Crippen LogP contribution in [0, 0.1) is 5.41 Å². The van der Waals surface area contributed by atoms with Gasteiger partial charge in [-0.3, -0.25) is 0 Å². The third-order valence-corrected chi connectivity index (χ3v) is 3.83. The summed E-state index contributed by atoms with van der Waals surface area (Å²) in [6.07, 6.45) is 2.75. The average Bonchev–Trinajstić information content (AvgIpc) is 2.00. The van der Waals surface area contributed by atoms with E-state index in [1.165, 1.54) is 31.7 Å². The summed E-state index contributed by atoms with van der Waals surface area (Å²) in [4.78, 5) is 2.46. The molecule has 0 spiro atoms. The lowest BCUT2D eigenvalue weighted by Crippen LogP contribution is -2.35. The summed E-state index contributed by atoms with van der Waals surface area (Å²) < 4.78 is 0. The number of nitrogens with zero attached hydrogens (tertiary/aromatic N) is 1. The fourth-order valence-electron chi connectivity index (χ4n) is 1.64. The Bertz CT molecular complexity index is 151. The third-order valence-electron chi connectivity index (χ3n) is 2.56. The molecule has 0 amide bonds. The van der Waals surface area contributed by atoms with E-state index in [-0.39, 0.29) is 0 Å². The van der Waals surface area contributed by atoms with E-state index in [1.54, 1.807) is 0 Å². The quantitative estimate of drug-likeness (QED) is 0.676. The van der Waals surface area contributed by atoms with Crippen molar-refractivity contribution < 1.29 is 0 Å². The first-order valence-electron chi connectivity index (χ1n) is 5.27. The zero-order chi connectivity index (χ0) is 9.90. The molecule has 1 aliphatic heterocycles. The zero-order valence-corrected chi connectivity index (χ0v) is 10.3. The Morgan fingerprint density at radius 1 is 1.38 bits per heavy atom. The number of rotatable bonds is 2. The smallest absolute Gasteiger partial charge is 0.0175 e.